The van der Waals surface area contributed by atoms with Gasteiger partial charge in [-0.05, 0) is 98.9 Å². The first kappa shape index (κ1) is 16.3. The SMILES string of the molecule is CC[C@]12CCC3C(C1[C@@H]1C[C@@H]1[C@@]21CCCO1)[C@H](C)CC1=CC(=O)CC[C@@H]13. The molecule has 0 aromatic heterocycles. The third-order valence-corrected chi connectivity index (χ3v) is 10.2. The summed E-state index contributed by atoms with van der Waals surface area (Å²) in [4.78, 5) is 12.0. The van der Waals surface area contributed by atoms with Crippen LogP contribution in [-0.2, 0) is 9.53 Å². The number of allylic oxidation sites excluding steroid dienone is 1. The van der Waals surface area contributed by atoms with Gasteiger partial charge in [0.2, 0.25) is 0 Å². The number of ketones is 1. The molecule has 0 aromatic carbocycles. The molecule has 6 rings (SSSR count). The molecule has 0 amide bonds. The molecule has 5 fully saturated rings. The van der Waals surface area contributed by atoms with Gasteiger partial charge in [-0.15, -0.1) is 0 Å². The molecular weight excluding hydrogens is 320 g/mol. The monoisotopic (exact) mass is 354 g/mol. The fourth-order valence-electron chi connectivity index (χ4n) is 9.50. The van der Waals surface area contributed by atoms with Crippen LogP contribution in [0.2, 0.25) is 0 Å². The minimum absolute atomic E-state index is 0.250. The zero-order chi connectivity index (χ0) is 17.7. The second-order valence-corrected chi connectivity index (χ2v) is 10.7. The first-order valence-corrected chi connectivity index (χ1v) is 11.5. The van der Waals surface area contributed by atoms with Crippen molar-refractivity contribution in [3.8, 4) is 0 Å². The largest absolute Gasteiger partial charge is 0.374 e. The second kappa shape index (κ2) is 5.25. The van der Waals surface area contributed by atoms with E-state index >= 15 is 0 Å². The molecule has 142 valence electrons. The molecule has 1 saturated heterocycles. The lowest BCUT2D eigenvalue weighted by Crippen LogP contribution is -2.57. The number of carbonyl (C=O) groups is 1. The quantitative estimate of drug-likeness (QED) is 0.649. The Bertz CT molecular complexity index is 672. The number of ether oxygens (including phenoxy) is 1. The molecule has 1 heterocycles. The number of carbonyl (C=O) groups excluding carboxylic acids is 1. The maximum Gasteiger partial charge on any atom is 0.155 e. The summed E-state index contributed by atoms with van der Waals surface area (Å²) < 4.78 is 6.70. The molecule has 4 saturated carbocycles. The van der Waals surface area contributed by atoms with Crippen molar-refractivity contribution < 1.29 is 9.53 Å². The van der Waals surface area contributed by atoms with Gasteiger partial charge in [-0.1, -0.05) is 19.4 Å². The van der Waals surface area contributed by atoms with E-state index in [4.69, 9.17) is 4.74 Å². The summed E-state index contributed by atoms with van der Waals surface area (Å²) in [5, 5.41) is 0. The van der Waals surface area contributed by atoms with E-state index in [2.05, 4.69) is 19.9 Å². The zero-order valence-corrected chi connectivity index (χ0v) is 16.5. The molecule has 0 N–H and O–H groups in total. The Hall–Kier alpha value is -0.630. The van der Waals surface area contributed by atoms with Crippen LogP contribution in [0.15, 0.2) is 11.6 Å². The highest BCUT2D eigenvalue weighted by Gasteiger charge is 2.78. The highest BCUT2D eigenvalue weighted by Crippen LogP contribution is 2.79. The van der Waals surface area contributed by atoms with E-state index in [-0.39, 0.29) is 5.60 Å². The highest BCUT2D eigenvalue weighted by atomic mass is 16.5. The van der Waals surface area contributed by atoms with Crippen LogP contribution in [0.1, 0.15) is 71.6 Å². The molecule has 26 heavy (non-hydrogen) atoms. The minimum atomic E-state index is 0.250. The van der Waals surface area contributed by atoms with Gasteiger partial charge in [-0.2, -0.15) is 0 Å². The van der Waals surface area contributed by atoms with Gasteiger partial charge in [0, 0.05) is 18.4 Å². The van der Waals surface area contributed by atoms with Crippen molar-refractivity contribution >= 4 is 5.78 Å². The van der Waals surface area contributed by atoms with Gasteiger partial charge >= 0.3 is 0 Å². The van der Waals surface area contributed by atoms with Crippen molar-refractivity contribution in [1.82, 2.24) is 0 Å². The first-order valence-electron chi connectivity index (χ1n) is 11.5. The molecule has 1 aliphatic heterocycles. The van der Waals surface area contributed by atoms with Gasteiger partial charge in [0.1, 0.15) is 0 Å². The summed E-state index contributed by atoms with van der Waals surface area (Å²) in [6.07, 6.45) is 13.4. The lowest BCUT2D eigenvalue weighted by Gasteiger charge is -2.60. The van der Waals surface area contributed by atoms with Crippen LogP contribution in [0.25, 0.3) is 0 Å². The Morgan fingerprint density at radius 1 is 1.23 bits per heavy atom. The molecule has 6 aliphatic rings. The number of fused-ring (bicyclic) bond motifs is 9. The van der Waals surface area contributed by atoms with E-state index < -0.39 is 0 Å². The normalized spacial score (nSPS) is 57.2. The van der Waals surface area contributed by atoms with E-state index in [1.807, 2.05) is 0 Å². The van der Waals surface area contributed by atoms with Gasteiger partial charge in [0.25, 0.3) is 0 Å². The fraction of sp³-hybridized carbons (Fsp3) is 0.875. The van der Waals surface area contributed by atoms with Gasteiger partial charge in [0.15, 0.2) is 5.78 Å². The molecule has 3 unspecified atom stereocenters. The van der Waals surface area contributed by atoms with Gasteiger partial charge in [-0.25, -0.2) is 0 Å². The summed E-state index contributed by atoms with van der Waals surface area (Å²) in [5.74, 6) is 6.35. The standard InChI is InChI=1S/C24H34O2/c1-3-23-9-7-18-17-6-5-16(25)12-15(17)11-14(2)21(18)22(23)19-13-20(19)24(23)8-4-10-26-24/h12,14,17-22H,3-11,13H2,1-2H3/t14-,17+,18?,19-,20+,21?,22?,23+,24+/m1/s1. The lowest BCUT2D eigenvalue weighted by atomic mass is 9.46. The molecule has 2 nitrogen and oxygen atoms in total. The van der Waals surface area contributed by atoms with Gasteiger partial charge < -0.3 is 4.74 Å². The molecule has 1 spiro atoms. The fourth-order valence-corrected chi connectivity index (χ4v) is 9.50. The first-order chi connectivity index (χ1) is 12.6. The summed E-state index contributed by atoms with van der Waals surface area (Å²) >= 11 is 0. The average Bonchev–Trinajstić information content (AvgIpc) is 3.21. The van der Waals surface area contributed by atoms with Crippen molar-refractivity contribution in [3.05, 3.63) is 11.6 Å². The lowest BCUT2D eigenvalue weighted by molar-refractivity contribution is -0.165. The van der Waals surface area contributed by atoms with E-state index in [0.29, 0.717) is 11.2 Å². The van der Waals surface area contributed by atoms with Crippen molar-refractivity contribution in [2.75, 3.05) is 6.61 Å². The molecule has 9 atom stereocenters. The molecule has 0 aromatic rings. The van der Waals surface area contributed by atoms with Crippen LogP contribution in [-0.4, -0.2) is 18.0 Å². The number of rotatable bonds is 1. The van der Waals surface area contributed by atoms with E-state index in [1.54, 1.807) is 0 Å². The van der Waals surface area contributed by atoms with E-state index in [9.17, 15) is 4.79 Å². The maximum atomic E-state index is 12.0. The summed E-state index contributed by atoms with van der Waals surface area (Å²) in [6, 6.07) is 0. The summed E-state index contributed by atoms with van der Waals surface area (Å²) in [5.41, 5.74) is 2.25. The maximum absolute atomic E-state index is 12.0. The van der Waals surface area contributed by atoms with Gasteiger partial charge in [-0.3, -0.25) is 4.79 Å². The number of hydrogen-bond donors (Lipinski definition) is 0. The third-order valence-electron chi connectivity index (χ3n) is 10.2. The third kappa shape index (κ3) is 1.77. The average molecular weight is 355 g/mol. The van der Waals surface area contributed by atoms with Crippen LogP contribution in [0.5, 0.6) is 0 Å². The Morgan fingerprint density at radius 2 is 2.12 bits per heavy atom. The Balaban J connectivity index is 1.42. The Labute approximate surface area is 158 Å². The molecule has 0 radical (unpaired) electrons. The Morgan fingerprint density at radius 3 is 2.88 bits per heavy atom. The van der Waals surface area contributed by atoms with Crippen molar-refractivity contribution in [2.24, 2.45) is 46.8 Å². The van der Waals surface area contributed by atoms with E-state index in [1.165, 1.54) is 50.5 Å². The van der Waals surface area contributed by atoms with Crippen LogP contribution < -0.4 is 0 Å². The van der Waals surface area contributed by atoms with Crippen molar-refractivity contribution in [1.29, 1.82) is 0 Å². The van der Waals surface area contributed by atoms with Crippen LogP contribution in [0, 0.1) is 46.8 Å². The smallest absolute Gasteiger partial charge is 0.155 e. The molecule has 5 aliphatic carbocycles. The molecular formula is C24H34O2. The van der Waals surface area contributed by atoms with Crippen molar-refractivity contribution in [2.45, 2.75) is 77.2 Å². The summed E-state index contributed by atoms with van der Waals surface area (Å²) in [6.45, 7) is 6.00. The Kier molecular flexibility index (Phi) is 3.30. The van der Waals surface area contributed by atoms with Crippen molar-refractivity contribution in [3.63, 3.8) is 0 Å². The van der Waals surface area contributed by atoms with Crippen LogP contribution in [0.3, 0.4) is 0 Å². The predicted octanol–water partition coefficient (Wildman–Crippen LogP) is 5.17. The topological polar surface area (TPSA) is 26.3 Å². The van der Waals surface area contributed by atoms with Crippen LogP contribution in [0.4, 0.5) is 0 Å². The second-order valence-electron chi connectivity index (χ2n) is 10.7. The molecule has 2 heteroatoms. The molecule has 0 bridgehead atoms. The summed E-state index contributed by atoms with van der Waals surface area (Å²) in [7, 11) is 0. The minimum Gasteiger partial charge on any atom is -0.374 e. The van der Waals surface area contributed by atoms with Gasteiger partial charge in [0.05, 0.1) is 5.60 Å². The van der Waals surface area contributed by atoms with E-state index in [0.717, 1.165) is 60.9 Å². The number of hydrogen-bond acceptors (Lipinski definition) is 2. The highest BCUT2D eigenvalue weighted by molar-refractivity contribution is 5.91. The van der Waals surface area contributed by atoms with Crippen LogP contribution >= 0.6 is 0 Å². The predicted molar refractivity (Wildman–Crippen MR) is 102 cm³/mol. The zero-order valence-electron chi connectivity index (χ0n) is 16.5.